The van der Waals surface area contributed by atoms with Crippen LogP contribution in [0.3, 0.4) is 0 Å². The minimum atomic E-state index is -1.39. The zero-order valence-corrected chi connectivity index (χ0v) is 20.6. The number of rotatable bonds is 11. The van der Waals surface area contributed by atoms with E-state index < -0.39 is 22.9 Å². The minimum Gasteiger partial charge on any atom is -0.490 e. The van der Waals surface area contributed by atoms with E-state index in [0.29, 0.717) is 23.8 Å². The van der Waals surface area contributed by atoms with Gasteiger partial charge < -0.3 is 36.2 Å². The maximum atomic E-state index is 14.3. The van der Waals surface area contributed by atoms with E-state index >= 15 is 0 Å². The molecule has 194 valence electrons. The predicted molar refractivity (Wildman–Crippen MR) is 133 cm³/mol. The van der Waals surface area contributed by atoms with Gasteiger partial charge >= 0.3 is 5.97 Å². The van der Waals surface area contributed by atoms with Crippen molar-refractivity contribution in [1.29, 1.82) is 5.53 Å². The third-order valence-electron chi connectivity index (χ3n) is 5.78. The normalized spacial score (nSPS) is 16.4. The van der Waals surface area contributed by atoms with Crippen LogP contribution in [0.1, 0.15) is 34.8 Å². The van der Waals surface area contributed by atoms with Gasteiger partial charge in [-0.15, -0.1) is 11.3 Å². The molecule has 0 unspecified atom stereocenters. The molecule has 1 aliphatic rings. The topological polar surface area (TPSA) is 160 Å². The molecule has 0 saturated heterocycles. The molecule has 4 N–H and O–H groups in total. The van der Waals surface area contributed by atoms with Crippen molar-refractivity contribution in [3.8, 4) is 17.2 Å². The van der Waals surface area contributed by atoms with Crippen LogP contribution in [0.4, 0.5) is 9.52 Å². The number of aromatic nitrogens is 1. The van der Waals surface area contributed by atoms with Crippen LogP contribution in [-0.4, -0.2) is 41.7 Å². The van der Waals surface area contributed by atoms with Gasteiger partial charge in [0.25, 0.3) is 0 Å². The van der Waals surface area contributed by atoms with Crippen molar-refractivity contribution in [2.24, 2.45) is 5.22 Å². The fourth-order valence-corrected chi connectivity index (χ4v) is 4.66. The molecule has 2 aromatic carbocycles. The van der Waals surface area contributed by atoms with Crippen molar-refractivity contribution < 1.29 is 28.6 Å². The highest BCUT2D eigenvalue weighted by atomic mass is 32.1. The molecule has 4 rings (SSSR count). The zero-order valence-electron chi connectivity index (χ0n) is 19.8. The van der Waals surface area contributed by atoms with Crippen molar-refractivity contribution >= 4 is 28.3 Å². The number of hydrogen-bond acceptors (Lipinski definition) is 9. The first-order chi connectivity index (χ1) is 17.8. The molecule has 2 heterocycles. The Morgan fingerprint density at radius 2 is 2.19 bits per heavy atom. The van der Waals surface area contributed by atoms with Crippen molar-refractivity contribution in [3.63, 3.8) is 0 Å². The van der Waals surface area contributed by atoms with Gasteiger partial charge in [-0.05, 0) is 48.7 Å². The molecule has 0 aliphatic carbocycles. The van der Waals surface area contributed by atoms with E-state index in [1.807, 2.05) is 13.0 Å². The lowest BCUT2D eigenvalue weighted by Gasteiger charge is -2.37. The highest BCUT2D eigenvalue weighted by Crippen LogP contribution is 2.41. The third-order valence-corrected chi connectivity index (χ3v) is 6.47. The molecule has 1 amide bonds. The van der Waals surface area contributed by atoms with Crippen LogP contribution in [0.5, 0.6) is 17.2 Å². The number of aromatic carboxylic acids is 1. The number of carboxylic acids is 1. The van der Waals surface area contributed by atoms with Crippen LogP contribution in [-0.2, 0) is 16.8 Å². The second-order valence-corrected chi connectivity index (χ2v) is 9.28. The highest BCUT2D eigenvalue weighted by Gasteiger charge is 2.35. The molecule has 0 fully saturated rings. The van der Waals surface area contributed by atoms with Gasteiger partial charge in [-0.3, -0.25) is 10.0 Å². The van der Waals surface area contributed by atoms with Crippen molar-refractivity contribution in [3.05, 3.63) is 69.8 Å². The predicted octanol–water partition coefficient (Wildman–Crippen LogP) is 4.86. The fraction of sp³-hybridized carbons (Fsp3) is 0.292. The maximum absolute atomic E-state index is 14.3. The number of carboxylic acid groups (broad SMARTS) is 1. The van der Waals surface area contributed by atoms with E-state index in [0.717, 1.165) is 23.3 Å². The molecule has 1 aliphatic heterocycles. The highest BCUT2D eigenvalue weighted by molar-refractivity contribution is 7.13. The summed E-state index contributed by atoms with van der Waals surface area (Å²) in [7, 11) is 0. The quantitative estimate of drug-likeness (QED) is 0.157. The molecular formula is C24H24FN6O5S-. The van der Waals surface area contributed by atoms with Crippen LogP contribution in [0.25, 0.3) is 5.43 Å². The number of carbonyl (C=O) groups is 2. The number of carbonyl (C=O) groups excluding carboxylic acids is 1. The SMILES string of the molecule is C[C@]1(CC(=O)Nc2nccs2)NCCc2cc(OCC[N-]N=N)c(Oc3ccc(C(=O)O)c(F)c3)cc21. The lowest BCUT2D eigenvalue weighted by Crippen LogP contribution is -2.47. The Bertz CT molecular complexity index is 1310. The molecule has 11 nitrogen and oxygen atoms in total. The van der Waals surface area contributed by atoms with Crippen LogP contribution in [0, 0.1) is 11.3 Å². The lowest BCUT2D eigenvalue weighted by atomic mass is 9.81. The van der Waals surface area contributed by atoms with E-state index in [1.54, 1.807) is 17.6 Å². The molecule has 3 aromatic rings. The number of ether oxygens (including phenoxy) is 2. The van der Waals surface area contributed by atoms with Gasteiger partial charge in [0.1, 0.15) is 11.6 Å². The van der Waals surface area contributed by atoms with Gasteiger partial charge in [-0.1, -0.05) is 0 Å². The standard InChI is InChI=1S/C24H25FN6O5S/c1-24(13-21(32)30-23-27-7-9-37-23)17-12-20(36-15-2-3-16(22(33)34)18(25)11-15)19(35-8-6-29-31-26)10-14(17)4-5-28-24/h2-3,7,9-12,28H,4-6,8,13H2,1H3,(H4,26,27,29,30,32,33,34)/p-1/t24-/m1/s1. The Morgan fingerprint density at radius 1 is 1.35 bits per heavy atom. The van der Waals surface area contributed by atoms with Crippen LogP contribution in [0.15, 0.2) is 47.1 Å². The number of anilines is 1. The largest absolute Gasteiger partial charge is 0.490 e. The van der Waals surface area contributed by atoms with Gasteiger partial charge in [0.05, 0.1) is 12.2 Å². The molecule has 1 aromatic heterocycles. The minimum absolute atomic E-state index is 0.0742. The monoisotopic (exact) mass is 527 g/mol. The van der Waals surface area contributed by atoms with Gasteiger partial charge in [-0.2, -0.15) is 0 Å². The van der Waals surface area contributed by atoms with Crippen LogP contribution in [0.2, 0.25) is 0 Å². The van der Waals surface area contributed by atoms with Crippen molar-refractivity contribution in [2.75, 3.05) is 25.0 Å². The molecule has 13 heteroatoms. The van der Waals surface area contributed by atoms with Gasteiger partial charge in [-0.25, -0.2) is 14.2 Å². The summed E-state index contributed by atoms with van der Waals surface area (Å²) in [6.07, 6.45) is 2.40. The molecule has 0 radical (unpaired) electrons. The first-order valence-electron chi connectivity index (χ1n) is 11.3. The number of hydrogen-bond donors (Lipinski definition) is 4. The lowest BCUT2D eigenvalue weighted by molar-refractivity contribution is -0.117. The van der Waals surface area contributed by atoms with Gasteiger partial charge in [0, 0.05) is 42.7 Å². The van der Waals surface area contributed by atoms with Crippen LogP contribution >= 0.6 is 11.3 Å². The number of fused-ring (bicyclic) bond motifs is 1. The Labute approximate surface area is 215 Å². The van der Waals surface area contributed by atoms with Crippen molar-refractivity contribution in [1.82, 2.24) is 10.3 Å². The fourth-order valence-electron chi connectivity index (χ4n) is 4.12. The van der Waals surface area contributed by atoms with E-state index in [1.165, 1.54) is 17.4 Å². The Morgan fingerprint density at radius 3 is 2.89 bits per heavy atom. The Kier molecular flexibility index (Phi) is 7.94. The number of thiazole rings is 1. The number of amides is 1. The van der Waals surface area contributed by atoms with Crippen molar-refractivity contribution in [2.45, 2.75) is 25.3 Å². The second kappa shape index (κ2) is 11.3. The summed E-state index contributed by atoms with van der Waals surface area (Å²) in [5, 5.41) is 20.6. The first kappa shape index (κ1) is 26.0. The van der Waals surface area contributed by atoms with E-state index in [4.69, 9.17) is 20.1 Å². The Hall–Kier alpha value is -4.10. The second-order valence-electron chi connectivity index (χ2n) is 8.39. The summed E-state index contributed by atoms with van der Waals surface area (Å²) in [6.45, 7) is 2.81. The number of benzene rings is 2. The molecule has 0 bridgehead atoms. The first-order valence-corrected chi connectivity index (χ1v) is 12.2. The number of halogens is 1. The van der Waals surface area contributed by atoms with E-state index in [2.05, 4.69) is 26.3 Å². The van der Waals surface area contributed by atoms with E-state index in [-0.39, 0.29) is 37.0 Å². The zero-order chi connectivity index (χ0) is 26.4. The molecule has 0 spiro atoms. The maximum Gasteiger partial charge on any atom is 0.338 e. The number of nitrogens with one attached hydrogen (secondary N) is 3. The summed E-state index contributed by atoms with van der Waals surface area (Å²) in [5.41, 5.74) is 10.9. The summed E-state index contributed by atoms with van der Waals surface area (Å²) < 4.78 is 26.1. The molecular weight excluding hydrogens is 503 g/mol. The molecule has 37 heavy (non-hydrogen) atoms. The number of nitrogens with zero attached hydrogens (tertiary/aromatic N) is 3. The Balaban J connectivity index is 1.65. The van der Waals surface area contributed by atoms with E-state index in [9.17, 15) is 14.0 Å². The molecule has 0 saturated carbocycles. The summed E-state index contributed by atoms with van der Waals surface area (Å²) in [4.78, 5) is 28.1. The van der Waals surface area contributed by atoms with Crippen LogP contribution < -0.4 is 20.1 Å². The average molecular weight is 528 g/mol. The van der Waals surface area contributed by atoms with Gasteiger partial charge in [0.2, 0.25) is 5.91 Å². The smallest absolute Gasteiger partial charge is 0.338 e. The van der Waals surface area contributed by atoms with Gasteiger partial charge in [0.15, 0.2) is 16.6 Å². The summed E-state index contributed by atoms with van der Waals surface area (Å²) >= 11 is 1.32. The summed E-state index contributed by atoms with van der Waals surface area (Å²) in [5.74, 6) is -1.86. The third kappa shape index (κ3) is 6.19. The average Bonchev–Trinajstić information content (AvgIpc) is 3.35. The molecule has 1 atom stereocenters. The summed E-state index contributed by atoms with van der Waals surface area (Å²) in [6, 6.07) is 7.00.